The van der Waals surface area contributed by atoms with Crippen molar-refractivity contribution >= 4 is 5.78 Å². The zero-order chi connectivity index (χ0) is 10.2. The van der Waals surface area contributed by atoms with Crippen LogP contribution in [-0.4, -0.2) is 31.6 Å². The number of ether oxygens (including phenoxy) is 1. The molecule has 0 aromatic heterocycles. The molecule has 0 radical (unpaired) electrons. The van der Waals surface area contributed by atoms with E-state index in [1.54, 1.807) is 6.92 Å². The summed E-state index contributed by atoms with van der Waals surface area (Å²) in [7, 11) is 0. The van der Waals surface area contributed by atoms with Gasteiger partial charge in [-0.2, -0.15) is 0 Å². The topological polar surface area (TPSA) is 38.3 Å². The summed E-state index contributed by atoms with van der Waals surface area (Å²) in [6.45, 7) is 4.12. The maximum atomic E-state index is 10.6. The molecule has 1 heterocycles. The molecule has 0 aromatic rings. The molecule has 0 saturated carbocycles. The minimum absolute atomic E-state index is 0.209. The summed E-state index contributed by atoms with van der Waals surface area (Å²) in [6, 6.07) is 0.640. The number of nitrogens with one attached hydrogen (secondary N) is 1. The van der Waals surface area contributed by atoms with Crippen molar-refractivity contribution in [1.29, 1.82) is 0 Å². The Balaban J connectivity index is 1.90. The van der Waals surface area contributed by atoms with Gasteiger partial charge in [0.05, 0.1) is 6.61 Å². The number of ketones is 1. The van der Waals surface area contributed by atoms with Gasteiger partial charge in [0, 0.05) is 19.1 Å². The third-order valence-electron chi connectivity index (χ3n) is 2.62. The number of hydrogen-bond acceptors (Lipinski definition) is 3. The summed E-state index contributed by atoms with van der Waals surface area (Å²) in [5.74, 6) is 0.209. The van der Waals surface area contributed by atoms with Crippen LogP contribution >= 0.6 is 0 Å². The summed E-state index contributed by atoms with van der Waals surface area (Å²) in [5.41, 5.74) is 0. The van der Waals surface area contributed by atoms with E-state index in [1.165, 1.54) is 19.3 Å². The van der Waals surface area contributed by atoms with Gasteiger partial charge < -0.3 is 10.1 Å². The van der Waals surface area contributed by atoms with Gasteiger partial charge >= 0.3 is 0 Å². The van der Waals surface area contributed by atoms with Gasteiger partial charge in [0.25, 0.3) is 0 Å². The molecule has 3 heteroatoms. The van der Waals surface area contributed by atoms with Crippen molar-refractivity contribution < 1.29 is 9.53 Å². The van der Waals surface area contributed by atoms with Crippen LogP contribution in [0.4, 0.5) is 0 Å². The largest absolute Gasteiger partial charge is 0.381 e. The van der Waals surface area contributed by atoms with Crippen LogP contribution in [0.1, 0.15) is 39.0 Å². The third-order valence-corrected chi connectivity index (χ3v) is 2.62. The molecule has 0 spiro atoms. The molecule has 1 saturated heterocycles. The standard InChI is InChI=1S/C11H21NO2/c1-10(13)5-8-14-9-6-11-4-2-3-7-12-11/h11-12H,2-9H2,1H3. The van der Waals surface area contributed by atoms with Crippen LogP contribution in [0.2, 0.25) is 0 Å². The lowest BCUT2D eigenvalue weighted by molar-refractivity contribution is -0.118. The van der Waals surface area contributed by atoms with Crippen molar-refractivity contribution in [3.05, 3.63) is 0 Å². The molecule has 82 valence electrons. The van der Waals surface area contributed by atoms with E-state index in [9.17, 15) is 4.79 Å². The predicted molar refractivity (Wildman–Crippen MR) is 56.4 cm³/mol. The smallest absolute Gasteiger partial charge is 0.132 e. The second kappa shape index (κ2) is 6.96. The Kier molecular flexibility index (Phi) is 5.80. The molecule has 1 rings (SSSR count). The molecular formula is C11H21NO2. The van der Waals surface area contributed by atoms with Gasteiger partial charge in [-0.25, -0.2) is 0 Å². The fraction of sp³-hybridized carbons (Fsp3) is 0.909. The molecule has 3 nitrogen and oxygen atoms in total. The number of rotatable bonds is 6. The molecule has 1 aliphatic heterocycles. The molecule has 0 aliphatic carbocycles. The third kappa shape index (κ3) is 5.35. The van der Waals surface area contributed by atoms with E-state index in [1.807, 2.05) is 0 Å². The van der Waals surface area contributed by atoms with Crippen LogP contribution in [0.25, 0.3) is 0 Å². The summed E-state index contributed by atoms with van der Waals surface area (Å²) in [6.07, 6.45) is 5.55. The number of carbonyl (C=O) groups excluding carboxylic acids is 1. The average molecular weight is 199 g/mol. The van der Waals surface area contributed by atoms with E-state index in [0.29, 0.717) is 19.1 Å². The van der Waals surface area contributed by atoms with Crippen LogP contribution in [-0.2, 0) is 9.53 Å². The second-order valence-corrected chi connectivity index (χ2v) is 4.00. The molecule has 0 amide bonds. The Hall–Kier alpha value is -0.410. The summed E-state index contributed by atoms with van der Waals surface area (Å²) in [4.78, 5) is 10.6. The van der Waals surface area contributed by atoms with E-state index in [2.05, 4.69) is 5.32 Å². The summed E-state index contributed by atoms with van der Waals surface area (Å²) < 4.78 is 5.39. The Bertz CT molecular complexity index is 165. The van der Waals surface area contributed by atoms with Crippen LogP contribution in [0, 0.1) is 0 Å². The van der Waals surface area contributed by atoms with Crippen LogP contribution in [0.15, 0.2) is 0 Å². The highest BCUT2D eigenvalue weighted by Crippen LogP contribution is 2.09. The van der Waals surface area contributed by atoms with Crippen LogP contribution in [0.3, 0.4) is 0 Å². The van der Waals surface area contributed by atoms with E-state index in [0.717, 1.165) is 19.6 Å². The Morgan fingerprint density at radius 3 is 2.93 bits per heavy atom. The van der Waals surface area contributed by atoms with E-state index in [4.69, 9.17) is 4.74 Å². The lowest BCUT2D eigenvalue weighted by Gasteiger charge is -2.23. The summed E-state index contributed by atoms with van der Waals surface area (Å²) in [5, 5.41) is 3.47. The van der Waals surface area contributed by atoms with Crippen LogP contribution < -0.4 is 5.32 Å². The minimum atomic E-state index is 0.209. The number of Topliss-reactive ketones (excluding diaryl/α,β-unsaturated/α-hetero) is 1. The lowest BCUT2D eigenvalue weighted by atomic mass is 10.0. The van der Waals surface area contributed by atoms with Crippen molar-refractivity contribution in [2.45, 2.75) is 45.1 Å². The van der Waals surface area contributed by atoms with Gasteiger partial charge in [-0.1, -0.05) is 6.42 Å². The van der Waals surface area contributed by atoms with Crippen molar-refractivity contribution in [3.8, 4) is 0 Å². The monoisotopic (exact) mass is 199 g/mol. The first-order valence-electron chi connectivity index (χ1n) is 5.59. The Morgan fingerprint density at radius 1 is 1.43 bits per heavy atom. The first-order valence-corrected chi connectivity index (χ1v) is 5.59. The zero-order valence-corrected chi connectivity index (χ0v) is 9.05. The quantitative estimate of drug-likeness (QED) is 0.659. The summed E-state index contributed by atoms with van der Waals surface area (Å²) >= 11 is 0. The van der Waals surface area contributed by atoms with Gasteiger partial charge in [-0.05, 0) is 32.7 Å². The first kappa shape index (κ1) is 11.7. The molecule has 1 fully saturated rings. The van der Waals surface area contributed by atoms with Gasteiger partial charge in [-0.15, -0.1) is 0 Å². The van der Waals surface area contributed by atoms with Crippen LogP contribution in [0.5, 0.6) is 0 Å². The second-order valence-electron chi connectivity index (χ2n) is 4.00. The highest BCUT2D eigenvalue weighted by molar-refractivity contribution is 5.75. The lowest BCUT2D eigenvalue weighted by Crippen LogP contribution is -2.34. The van der Waals surface area contributed by atoms with Crippen molar-refractivity contribution in [1.82, 2.24) is 5.32 Å². The molecular weight excluding hydrogens is 178 g/mol. The highest BCUT2D eigenvalue weighted by atomic mass is 16.5. The zero-order valence-electron chi connectivity index (χ0n) is 9.05. The number of hydrogen-bond donors (Lipinski definition) is 1. The predicted octanol–water partition coefficient (Wildman–Crippen LogP) is 1.51. The molecule has 1 N–H and O–H groups in total. The molecule has 1 atom stereocenters. The van der Waals surface area contributed by atoms with Crippen molar-refractivity contribution in [3.63, 3.8) is 0 Å². The fourth-order valence-corrected chi connectivity index (χ4v) is 1.71. The highest BCUT2D eigenvalue weighted by Gasteiger charge is 2.11. The van der Waals surface area contributed by atoms with Gasteiger partial charge in [0.15, 0.2) is 0 Å². The minimum Gasteiger partial charge on any atom is -0.381 e. The van der Waals surface area contributed by atoms with E-state index in [-0.39, 0.29) is 5.78 Å². The fourth-order valence-electron chi connectivity index (χ4n) is 1.71. The Labute approximate surface area is 86.2 Å². The van der Waals surface area contributed by atoms with Crippen molar-refractivity contribution in [2.75, 3.05) is 19.8 Å². The number of carbonyl (C=O) groups is 1. The average Bonchev–Trinajstić information content (AvgIpc) is 2.18. The van der Waals surface area contributed by atoms with Crippen molar-refractivity contribution in [2.24, 2.45) is 0 Å². The Morgan fingerprint density at radius 2 is 2.29 bits per heavy atom. The first-order chi connectivity index (χ1) is 6.79. The molecule has 0 bridgehead atoms. The van der Waals surface area contributed by atoms with E-state index >= 15 is 0 Å². The van der Waals surface area contributed by atoms with Gasteiger partial charge in [-0.3, -0.25) is 4.79 Å². The SMILES string of the molecule is CC(=O)CCOCCC1CCCCN1. The molecule has 1 aliphatic rings. The maximum absolute atomic E-state index is 10.6. The van der Waals surface area contributed by atoms with Gasteiger partial charge in [0.2, 0.25) is 0 Å². The molecule has 1 unspecified atom stereocenters. The molecule has 14 heavy (non-hydrogen) atoms. The van der Waals surface area contributed by atoms with E-state index < -0.39 is 0 Å². The van der Waals surface area contributed by atoms with Gasteiger partial charge in [0.1, 0.15) is 5.78 Å². The number of piperidine rings is 1. The molecule has 0 aromatic carbocycles. The normalized spacial score (nSPS) is 22.2. The maximum Gasteiger partial charge on any atom is 0.132 e.